The quantitative estimate of drug-likeness (QED) is 0.566. The van der Waals surface area contributed by atoms with Crippen molar-refractivity contribution >= 4 is 55.0 Å². The Morgan fingerprint density at radius 2 is 1.78 bits per heavy atom. The fourth-order valence-electron chi connectivity index (χ4n) is 2.35. The van der Waals surface area contributed by atoms with Crippen molar-refractivity contribution in [2.75, 3.05) is 21.5 Å². The van der Waals surface area contributed by atoms with Gasteiger partial charge in [-0.15, -0.1) is 11.8 Å². The molecule has 0 saturated carbocycles. The van der Waals surface area contributed by atoms with Crippen LogP contribution in [-0.2, 0) is 14.8 Å². The maximum atomic E-state index is 12.3. The summed E-state index contributed by atoms with van der Waals surface area (Å²) in [6.07, 6.45) is 0. The third-order valence-electron chi connectivity index (χ3n) is 3.97. The number of rotatable bonds is 7. The first-order valence-electron chi connectivity index (χ1n) is 8.42. The molecule has 0 spiro atoms. The number of thioether (sulfide) groups is 1. The number of amides is 1. The number of halogens is 1. The molecule has 2 rings (SSSR count). The predicted octanol–water partition coefficient (Wildman–Crippen LogP) is 4.87. The Hall–Kier alpha value is -1.51. The SMILES string of the molecule is CCS(=O)(=O)Nc1ccc(NC(=O)CSc2cc(C)c(Br)cc2C)cc1C. The van der Waals surface area contributed by atoms with Crippen LogP contribution < -0.4 is 10.0 Å². The van der Waals surface area contributed by atoms with Gasteiger partial charge < -0.3 is 5.32 Å². The van der Waals surface area contributed by atoms with E-state index in [1.807, 2.05) is 13.8 Å². The monoisotopic (exact) mass is 470 g/mol. The summed E-state index contributed by atoms with van der Waals surface area (Å²) in [5.41, 5.74) is 4.15. The van der Waals surface area contributed by atoms with E-state index in [2.05, 4.69) is 38.1 Å². The van der Waals surface area contributed by atoms with E-state index in [0.29, 0.717) is 17.1 Å². The molecule has 2 N–H and O–H groups in total. The van der Waals surface area contributed by atoms with Crippen molar-refractivity contribution in [3.05, 3.63) is 51.5 Å². The zero-order valence-corrected chi connectivity index (χ0v) is 18.9. The van der Waals surface area contributed by atoms with Crippen LogP contribution in [0.1, 0.15) is 23.6 Å². The zero-order valence-electron chi connectivity index (χ0n) is 15.7. The molecule has 0 heterocycles. The molecular formula is C19H23BrN2O3S2. The molecule has 0 atom stereocenters. The molecule has 8 heteroatoms. The number of hydrogen-bond donors (Lipinski definition) is 2. The first-order valence-corrected chi connectivity index (χ1v) is 11.8. The molecule has 0 fully saturated rings. The van der Waals surface area contributed by atoms with E-state index in [1.54, 1.807) is 32.0 Å². The Morgan fingerprint density at radius 3 is 2.41 bits per heavy atom. The molecule has 2 aromatic rings. The lowest BCUT2D eigenvalue weighted by Gasteiger charge is -2.12. The normalized spacial score (nSPS) is 11.3. The number of carbonyl (C=O) groups excluding carboxylic acids is 1. The lowest BCUT2D eigenvalue weighted by molar-refractivity contribution is -0.113. The summed E-state index contributed by atoms with van der Waals surface area (Å²) in [6.45, 7) is 7.42. The molecule has 2 aromatic carbocycles. The van der Waals surface area contributed by atoms with E-state index in [0.717, 1.165) is 26.1 Å². The molecule has 1 amide bonds. The third-order valence-corrected chi connectivity index (χ3v) is 7.27. The summed E-state index contributed by atoms with van der Waals surface area (Å²) in [6, 6.07) is 9.22. The highest BCUT2D eigenvalue weighted by Crippen LogP contribution is 2.28. The second kappa shape index (κ2) is 9.12. The summed E-state index contributed by atoms with van der Waals surface area (Å²) in [4.78, 5) is 13.3. The van der Waals surface area contributed by atoms with Gasteiger partial charge in [0.15, 0.2) is 0 Å². The summed E-state index contributed by atoms with van der Waals surface area (Å²) < 4.78 is 27.0. The van der Waals surface area contributed by atoms with Crippen LogP contribution in [0.3, 0.4) is 0 Å². The van der Waals surface area contributed by atoms with Crippen LogP contribution in [0.15, 0.2) is 39.7 Å². The number of benzene rings is 2. The summed E-state index contributed by atoms with van der Waals surface area (Å²) in [5, 5.41) is 2.86. The largest absolute Gasteiger partial charge is 0.325 e. The highest BCUT2D eigenvalue weighted by Gasteiger charge is 2.11. The van der Waals surface area contributed by atoms with Gasteiger partial charge in [0.25, 0.3) is 0 Å². The number of aryl methyl sites for hydroxylation is 3. The van der Waals surface area contributed by atoms with Gasteiger partial charge in [0.05, 0.1) is 17.2 Å². The Kier molecular flexibility index (Phi) is 7.36. The fourth-order valence-corrected chi connectivity index (χ4v) is 4.42. The summed E-state index contributed by atoms with van der Waals surface area (Å²) in [7, 11) is -3.32. The van der Waals surface area contributed by atoms with Gasteiger partial charge in [0.2, 0.25) is 15.9 Å². The van der Waals surface area contributed by atoms with E-state index >= 15 is 0 Å². The molecule has 0 aromatic heterocycles. The molecule has 27 heavy (non-hydrogen) atoms. The number of sulfonamides is 1. The van der Waals surface area contributed by atoms with Crippen molar-refractivity contribution in [1.82, 2.24) is 0 Å². The van der Waals surface area contributed by atoms with E-state index in [4.69, 9.17) is 0 Å². The van der Waals surface area contributed by atoms with Crippen LogP contribution in [0.4, 0.5) is 11.4 Å². The maximum absolute atomic E-state index is 12.3. The van der Waals surface area contributed by atoms with Crippen molar-refractivity contribution in [2.24, 2.45) is 0 Å². The number of anilines is 2. The number of hydrogen-bond acceptors (Lipinski definition) is 4. The molecule has 0 radical (unpaired) electrons. The van der Waals surface area contributed by atoms with E-state index in [-0.39, 0.29) is 11.7 Å². The zero-order chi connectivity index (χ0) is 20.2. The van der Waals surface area contributed by atoms with Crippen molar-refractivity contribution in [3.8, 4) is 0 Å². The molecule has 5 nitrogen and oxygen atoms in total. The Morgan fingerprint density at radius 1 is 1.07 bits per heavy atom. The van der Waals surface area contributed by atoms with Gasteiger partial charge in [-0.1, -0.05) is 15.9 Å². The van der Waals surface area contributed by atoms with Crippen LogP contribution in [0.2, 0.25) is 0 Å². The van der Waals surface area contributed by atoms with E-state index in [9.17, 15) is 13.2 Å². The minimum atomic E-state index is -3.32. The van der Waals surface area contributed by atoms with Gasteiger partial charge in [-0.2, -0.15) is 0 Å². The standard InChI is InChI=1S/C19H23BrN2O3S2/c1-5-27(24,25)22-17-7-6-15(8-13(17)3)21-19(23)11-26-18-10-12(2)16(20)9-14(18)4/h6-10,22H,5,11H2,1-4H3,(H,21,23). The highest BCUT2D eigenvalue weighted by molar-refractivity contribution is 9.10. The Labute approximate surface area is 173 Å². The molecule has 146 valence electrons. The number of nitrogens with one attached hydrogen (secondary N) is 2. The molecule has 0 aliphatic carbocycles. The highest BCUT2D eigenvalue weighted by atomic mass is 79.9. The lowest BCUT2D eigenvalue weighted by atomic mass is 10.2. The van der Waals surface area contributed by atoms with Crippen LogP contribution in [-0.4, -0.2) is 25.8 Å². The minimum Gasteiger partial charge on any atom is -0.325 e. The van der Waals surface area contributed by atoms with Gasteiger partial charge in [-0.3, -0.25) is 9.52 Å². The smallest absolute Gasteiger partial charge is 0.234 e. The number of carbonyl (C=O) groups is 1. The van der Waals surface area contributed by atoms with Gasteiger partial charge in [0.1, 0.15) is 0 Å². The molecular weight excluding hydrogens is 448 g/mol. The van der Waals surface area contributed by atoms with Gasteiger partial charge >= 0.3 is 0 Å². The molecule has 0 saturated heterocycles. The average Bonchev–Trinajstić information content (AvgIpc) is 2.59. The van der Waals surface area contributed by atoms with Crippen molar-refractivity contribution < 1.29 is 13.2 Å². The summed E-state index contributed by atoms with van der Waals surface area (Å²) in [5.74, 6) is 0.198. The maximum Gasteiger partial charge on any atom is 0.234 e. The van der Waals surface area contributed by atoms with Gasteiger partial charge in [0, 0.05) is 15.1 Å². The molecule has 0 unspecified atom stereocenters. The second-order valence-corrected chi connectivity index (χ2v) is 10.1. The first kappa shape index (κ1) is 21.8. The topological polar surface area (TPSA) is 75.3 Å². The van der Waals surface area contributed by atoms with Crippen molar-refractivity contribution in [3.63, 3.8) is 0 Å². The van der Waals surface area contributed by atoms with Crippen LogP contribution in [0, 0.1) is 20.8 Å². The predicted molar refractivity (Wildman–Crippen MR) is 117 cm³/mol. The third kappa shape index (κ3) is 6.26. The molecule has 0 aliphatic rings. The average molecular weight is 471 g/mol. The first-order chi connectivity index (χ1) is 12.6. The van der Waals surface area contributed by atoms with Crippen molar-refractivity contribution in [2.45, 2.75) is 32.6 Å². The van der Waals surface area contributed by atoms with E-state index < -0.39 is 10.0 Å². The van der Waals surface area contributed by atoms with Crippen LogP contribution >= 0.6 is 27.7 Å². The fraction of sp³-hybridized carbons (Fsp3) is 0.316. The van der Waals surface area contributed by atoms with Gasteiger partial charge in [-0.25, -0.2) is 8.42 Å². The Balaban J connectivity index is 2.00. The van der Waals surface area contributed by atoms with Crippen molar-refractivity contribution in [1.29, 1.82) is 0 Å². The Bertz CT molecular complexity index is 960. The van der Waals surface area contributed by atoms with Gasteiger partial charge in [-0.05, 0) is 74.7 Å². The second-order valence-electron chi connectivity index (χ2n) is 6.24. The van der Waals surface area contributed by atoms with E-state index in [1.165, 1.54) is 11.8 Å². The lowest BCUT2D eigenvalue weighted by Crippen LogP contribution is -2.16. The minimum absolute atomic E-state index is 0.0110. The van der Waals surface area contributed by atoms with Crippen LogP contribution in [0.25, 0.3) is 0 Å². The molecule has 0 aliphatic heterocycles. The molecule has 0 bridgehead atoms. The summed E-state index contributed by atoms with van der Waals surface area (Å²) >= 11 is 5.00. The van der Waals surface area contributed by atoms with Crippen LogP contribution in [0.5, 0.6) is 0 Å².